The second-order valence-electron chi connectivity index (χ2n) is 16.1. The molecule has 7 aromatic carbocycles. The summed E-state index contributed by atoms with van der Waals surface area (Å²) in [7, 11) is 0. The van der Waals surface area contributed by atoms with Crippen molar-refractivity contribution in [2.45, 2.75) is 0 Å². The molecule has 83 heavy (non-hydrogen) atoms. The molecule has 0 bridgehead atoms. The van der Waals surface area contributed by atoms with Gasteiger partial charge >= 0.3 is 39.7 Å². The first-order chi connectivity index (χ1) is 38.3. The van der Waals surface area contributed by atoms with Crippen LogP contribution >= 0.6 is 0 Å². The van der Waals surface area contributed by atoms with Crippen LogP contribution in [-0.4, -0.2) is 13.5 Å². The molecule has 9 rings (SSSR count). The summed E-state index contributed by atoms with van der Waals surface area (Å²) in [5, 5.41) is 0. The zero-order valence-corrected chi connectivity index (χ0v) is 43.1. The monoisotopic (exact) mass is 1300 g/mol. The van der Waals surface area contributed by atoms with E-state index < -0.39 is 217 Å². The number of rotatable bonds is 6. The van der Waals surface area contributed by atoms with Gasteiger partial charge in [0.15, 0.2) is 122 Å². The third-order valence-electron chi connectivity index (χ3n) is 11.4. The number of benzene rings is 7. The van der Waals surface area contributed by atoms with Gasteiger partial charge < -0.3 is 3.52 Å². The first kappa shape index (κ1) is 67.7. The normalized spacial score (nSPS) is 13.0. The van der Waals surface area contributed by atoms with Crippen molar-refractivity contribution in [2.24, 2.45) is 0 Å². The van der Waals surface area contributed by atoms with E-state index in [0.717, 1.165) is 5.56 Å². The van der Waals surface area contributed by atoms with Crippen molar-refractivity contribution in [3.8, 4) is 33.4 Å². The zero-order chi connectivity index (χ0) is 61.5. The van der Waals surface area contributed by atoms with E-state index in [0.29, 0.717) is 0 Å². The van der Waals surface area contributed by atoms with Crippen molar-refractivity contribution in [1.82, 2.24) is 0 Å². The van der Waals surface area contributed by atoms with Gasteiger partial charge in [0.05, 0.1) is 16.7 Å². The molecule has 0 aromatic heterocycles. The Bertz CT molecular complexity index is 3220. The van der Waals surface area contributed by atoms with Crippen LogP contribution in [-0.2, 0) is 26.2 Å². The molecule has 7 aromatic rings. The minimum atomic E-state index is -10.3. The predicted molar refractivity (Wildman–Crippen MR) is 234 cm³/mol. The van der Waals surface area contributed by atoms with Gasteiger partial charge in [-0.15, -0.1) is 25.4 Å². The zero-order valence-electron chi connectivity index (χ0n) is 39.5. The molecule has 0 unspecified atom stereocenters. The first-order valence-corrected chi connectivity index (χ1v) is 23.7. The van der Waals surface area contributed by atoms with E-state index in [1.807, 2.05) is 94.5 Å². The van der Waals surface area contributed by atoms with E-state index in [-0.39, 0.29) is 26.2 Å². The Morgan fingerprint density at radius 2 is 0.349 bits per heavy atom. The van der Waals surface area contributed by atoms with Gasteiger partial charge in [-0.25, -0.2) is 119 Å². The van der Waals surface area contributed by atoms with Crippen LogP contribution < -0.4 is 13.3 Å². The molecule has 0 heterocycles. The fraction of sp³-hybridized carbons (Fsp3) is 0. The Kier molecular flexibility index (Phi) is 21.9. The molecule has 0 nitrogen and oxygen atoms in total. The molecule has 0 aliphatic heterocycles. The minimum Gasteiger partial charge on any atom is -0.581 e. The van der Waals surface area contributed by atoms with Crippen molar-refractivity contribution >= 4 is 26.8 Å². The van der Waals surface area contributed by atoms with Crippen LogP contribution in [0.3, 0.4) is 0 Å². The fourth-order valence-electron chi connectivity index (χ4n) is 7.83. The molecule has 0 spiro atoms. The Hall–Kier alpha value is -6.13. The standard InChI is InChI=1S/3C12F9.C7H7.2C5H5.Al.FH.Zr/c3*13-3-1-2(5(14)9(18)6(3)15)4-7(16)10(19)12(21)11(20)8(4)17;1-7-5-3-2-4-6-7;2*1-2-4-5-3-1;;;/h;;;2-6H,1H2;2*1-5H;;1H;/q;;;-1;;;;;+2/p-1. The van der Waals surface area contributed by atoms with Gasteiger partial charge in [-0.3, -0.25) is 0 Å². The third kappa shape index (κ3) is 12.0. The maximum absolute atomic E-state index is 19.3. The van der Waals surface area contributed by atoms with Crippen LogP contribution in [0.4, 0.5) is 122 Å². The Balaban J connectivity index is 0.000000596. The van der Waals surface area contributed by atoms with E-state index in [4.69, 9.17) is 0 Å². The molecule has 0 amide bonds. The second-order valence-corrected chi connectivity index (χ2v) is 19.4. The van der Waals surface area contributed by atoms with E-state index in [1.54, 1.807) is 0 Å². The summed E-state index contributed by atoms with van der Waals surface area (Å²) in [6.07, 6.45) is 20.0. The molecule has 2 fully saturated rings. The van der Waals surface area contributed by atoms with Gasteiger partial charge in [0.2, 0.25) is 17.5 Å². The van der Waals surface area contributed by atoms with Crippen molar-refractivity contribution in [3.05, 3.63) is 264 Å². The first-order valence-electron chi connectivity index (χ1n) is 21.5. The minimum absolute atomic E-state index is 0. The van der Waals surface area contributed by atoms with Crippen molar-refractivity contribution in [1.29, 1.82) is 0 Å². The summed E-state index contributed by atoms with van der Waals surface area (Å²) in [5.74, 6) is -101. The summed E-state index contributed by atoms with van der Waals surface area (Å²) in [5.41, 5.74) is -20.7. The summed E-state index contributed by atoms with van der Waals surface area (Å²) < 4.78 is 418. The van der Waals surface area contributed by atoms with Gasteiger partial charge in [0.25, 0.3) is 0 Å². The van der Waals surface area contributed by atoms with Crippen LogP contribution in [0, 0.1) is 228 Å². The topological polar surface area (TPSA) is 0 Å². The van der Waals surface area contributed by atoms with Crippen LogP contribution in [0.1, 0.15) is 5.56 Å². The average Bonchev–Trinajstić information content (AvgIpc) is 4.24. The Morgan fingerprint density at radius 1 is 0.205 bits per heavy atom. The number of hydrogen-bond acceptors (Lipinski definition) is 0. The molecule has 10 radical (unpaired) electrons. The summed E-state index contributed by atoms with van der Waals surface area (Å²) in [6, 6.07) is 9.87. The van der Waals surface area contributed by atoms with Crippen LogP contribution in [0.5, 0.6) is 0 Å². The van der Waals surface area contributed by atoms with Crippen molar-refractivity contribution in [3.63, 3.8) is 0 Å². The molecular weight excluding hydrogens is 1290 g/mol. The van der Waals surface area contributed by atoms with Gasteiger partial charge in [-0.1, -0.05) is 6.07 Å². The van der Waals surface area contributed by atoms with Crippen LogP contribution in [0.25, 0.3) is 33.4 Å². The van der Waals surface area contributed by atoms with Gasteiger partial charge in [0.1, 0.15) is 17.5 Å². The van der Waals surface area contributed by atoms with E-state index in [9.17, 15) is 39.5 Å². The van der Waals surface area contributed by atoms with E-state index >= 15 is 82.6 Å². The van der Waals surface area contributed by atoms with Crippen LogP contribution in [0.2, 0.25) is 0 Å². The molecule has 30 heteroatoms. The quantitative estimate of drug-likeness (QED) is 0.0512. The van der Waals surface area contributed by atoms with Crippen molar-refractivity contribution in [2.75, 3.05) is 0 Å². The Labute approximate surface area is 470 Å². The average molecular weight is 1300 g/mol. The number of halogens is 28. The third-order valence-corrected chi connectivity index (χ3v) is 15.5. The maximum atomic E-state index is 19.3. The SMILES string of the molecule is Fc1c(F)c(F)c(-c2c(F)c(F)c(F)c(F)[c]2[Al-]([F])([c]2c(F)c(F)c(F)c(F)c2-c2c(F)c(F)c(F)c(F)c2F)[c]2c(F)c(F)c(F)c(F)c2-c2c(F)c(F)c(F)c(F)c2F)c(F)c1F.[CH2-]c1ccccc1.[CH]1[CH][CH][CH][CH]1.[CH]1[CH][CH][CH][CH]1.[Zr+2]. The second kappa shape index (κ2) is 26.8. The van der Waals surface area contributed by atoms with Crippen LogP contribution in [0.15, 0.2) is 30.3 Å². The maximum Gasteiger partial charge on any atom is 2.00 e. The van der Waals surface area contributed by atoms with E-state index in [2.05, 4.69) is 6.92 Å². The smallest absolute Gasteiger partial charge is 0.581 e. The predicted octanol–water partition coefficient (Wildman–Crippen LogP) is 15.3. The van der Waals surface area contributed by atoms with Gasteiger partial charge in [-0.05, 0) is 80.9 Å². The summed E-state index contributed by atoms with van der Waals surface area (Å²) in [4.78, 5) is 0. The Morgan fingerprint density at radius 3 is 0.506 bits per heavy atom. The van der Waals surface area contributed by atoms with E-state index in [1.165, 1.54) is 0 Å². The molecule has 2 saturated carbocycles. The summed E-state index contributed by atoms with van der Waals surface area (Å²) in [6.45, 7) is 3.72. The number of hydrogen-bond donors (Lipinski definition) is 0. The molecule has 0 atom stereocenters. The van der Waals surface area contributed by atoms with Gasteiger partial charge in [0, 0.05) is 0 Å². The summed E-state index contributed by atoms with van der Waals surface area (Å²) >= 11 is -10.3. The fourth-order valence-corrected chi connectivity index (χ4v) is 12.1. The molecule has 432 valence electrons. The molecule has 0 N–H and O–H groups in total. The molecule has 2 aliphatic rings. The van der Waals surface area contributed by atoms with Crippen molar-refractivity contribution < 1.29 is 148 Å². The molecule has 2 aliphatic carbocycles. The molecular formula is C53H17AlF28Zr. The van der Waals surface area contributed by atoms with Gasteiger partial charge in [-0.2, -0.15) is 24.6 Å². The molecule has 0 saturated heterocycles. The largest absolute Gasteiger partial charge is 2.00 e.